The van der Waals surface area contributed by atoms with Crippen LogP contribution < -0.4 is 11.2 Å². The molecule has 21 heavy (non-hydrogen) atoms. The molecule has 1 saturated heterocycles. The van der Waals surface area contributed by atoms with E-state index in [1.807, 2.05) is 0 Å². The van der Waals surface area contributed by atoms with Crippen molar-refractivity contribution in [1.29, 1.82) is 0 Å². The Morgan fingerprint density at radius 2 is 2.24 bits per heavy atom. The highest BCUT2D eigenvalue weighted by Gasteiger charge is 2.41. The van der Waals surface area contributed by atoms with Gasteiger partial charge in [0.15, 0.2) is 0 Å². The highest BCUT2D eigenvalue weighted by Crippen LogP contribution is 2.33. The fourth-order valence-corrected chi connectivity index (χ4v) is 2.23. The number of halogens is 2. The molecule has 3 atom stereocenters. The molecule has 1 aromatic rings. The van der Waals surface area contributed by atoms with Crippen LogP contribution >= 0.6 is 0 Å². The summed E-state index contributed by atoms with van der Waals surface area (Å²) in [5.74, 6) is 0. The number of rotatable bonds is 4. The molecule has 1 fully saturated rings. The second-order valence-corrected chi connectivity index (χ2v) is 4.99. The van der Waals surface area contributed by atoms with Crippen molar-refractivity contribution in [1.82, 2.24) is 9.55 Å². The number of alkyl halides is 2. The lowest BCUT2D eigenvalue weighted by molar-refractivity contribution is -0.257. The topological polar surface area (TPSA) is 93.6 Å². The Hall–Kier alpha value is -1.58. The molecule has 1 aromatic heterocycles. The van der Waals surface area contributed by atoms with Crippen molar-refractivity contribution in [2.45, 2.75) is 44.8 Å². The number of nitrogens with zero attached hydrogens (tertiary/aromatic N) is 1. The Balaban J connectivity index is 2.25. The van der Waals surface area contributed by atoms with Gasteiger partial charge in [-0.25, -0.2) is 4.79 Å². The second kappa shape index (κ2) is 5.66. The summed E-state index contributed by atoms with van der Waals surface area (Å²) in [6, 6.07) is 0. The number of nitrogens with one attached hydrogen (secondary N) is 1. The van der Waals surface area contributed by atoms with E-state index in [9.17, 15) is 23.5 Å². The van der Waals surface area contributed by atoms with Gasteiger partial charge >= 0.3 is 11.8 Å². The van der Waals surface area contributed by atoms with Crippen LogP contribution in [-0.2, 0) is 9.47 Å². The predicted octanol–water partition coefficient (Wildman–Crippen LogP) is 0.123. The summed E-state index contributed by atoms with van der Waals surface area (Å²) in [7, 11) is 0. The molecular formula is C12H16F2N2O5. The Kier molecular flexibility index (Phi) is 4.26. The zero-order valence-corrected chi connectivity index (χ0v) is 11.5. The first-order valence-electron chi connectivity index (χ1n) is 6.35. The summed E-state index contributed by atoms with van der Waals surface area (Å²) in [4.78, 5) is 25.1. The monoisotopic (exact) mass is 306 g/mol. The molecule has 2 heterocycles. The minimum Gasteiger partial charge on any atom is -0.394 e. The van der Waals surface area contributed by atoms with Crippen LogP contribution in [-0.4, -0.2) is 39.6 Å². The van der Waals surface area contributed by atoms with Crippen LogP contribution in [0.2, 0.25) is 0 Å². The predicted molar refractivity (Wildman–Crippen MR) is 67.2 cm³/mol. The molecule has 0 bridgehead atoms. The number of hydrogen-bond acceptors (Lipinski definition) is 5. The number of aromatic nitrogens is 2. The highest BCUT2D eigenvalue weighted by atomic mass is 19.3. The van der Waals surface area contributed by atoms with E-state index in [0.717, 1.165) is 4.57 Å². The molecular weight excluding hydrogens is 290 g/mol. The van der Waals surface area contributed by atoms with Crippen LogP contribution in [0.1, 0.15) is 25.1 Å². The molecule has 118 valence electrons. The summed E-state index contributed by atoms with van der Waals surface area (Å²) in [6.07, 6.45) is -5.05. The van der Waals surface area contributed by atoms with E-state index in [-0.39, 0.29) is 12.0 Å². The van der Waals surface area contributed by atoms with Gasteiger partial charge in [-0.3, -0.25) is 14.3 Å². The van der Waals surface area contributed by atoms with E-state index in [1.165, 1.54) is 13.1 Å². The molecule has 0 radical (unpaired) electrons. The van der Waals surface area contributed by atoms with Crippen molar-refractivity contribution in [2.24, 2.45) is 0 Å². The zero-order chi connectivity index (χ0) is 15.8. The van der Waals surface area contributed by atoms with Gasteiger partial charge < -0.3 is 14.6 Å². The average molecular weight is 306 g/mol. The van der Waals surface area contributed by atoms with Crippen molar-refractivity contribution >= 4 is 0 Å². The molecule has 0 aliphatic carbocycles. The molecule has 0 spiro atoms. The summed E-state index contributed by atoms with van der Waals surface area (Å²) in [5.41, 5.74) is -0.957. The summed E-state index contributed by atoms with van der Waals surface area (Å²) < 4.78 is 36.9. The van der Waals surface area contributed by atoms with Gasteiger partial charge in [0.1, 0.15) is 12.3 Å². The van der Waals surface area contributed by atoms with Crippen molar-refractivity contribution < 1.29 is 23.4 Å². The molecule has 1 aliphatic rings. The summed E-state index contributed by atoms with van der Waals surface area (Å²) in [5, 5.41) is 9.17. The largest absolute Gasteiger partial charge is 0.394 e. The van der Waals surface area contributed by atoms with E-state index in [4.69, 9.17) is 4.74 Å². The van der Waals surface area contributed by atoms with Gasteiger partial charge in [0.25, 0.3) is 5.56 Å². The zero-order valence-electron chi connectivity index (χ0n) is 11.5. The van der Waals surface area contributed by atoms with Crippen molar-refractivity contribution in [3.63, 3.8) is 0 Å². The van der Waals surface area contributed by atoms with Crippen LogP contribution in [0.15, 0.2) is 15.8 Å². The lowest BCUT2D eigenvalue weighted by atomic mass is 10.2. The molecule has 0 amide bonds. The first-order valence-corrected chi connectivity index (χ1v) is 6.35. The number of hydrogen-bond donors (Lipinski definition) is 2. The standard InChI is InChI=1S/C12H16F2N2O5/c1-6-4-16(11(19)15-10(6)18)9-3-7(8(5-17)20-9)21-12(2,13)14/h4,7-9,17H,3,5H2,1-2H3,(H,15,18,19)/t7?,8-,9-/m1/s1. The quantitative estimate of drug-likeness (QED) is 0.824. The van der Waals surface area contributed by atoms with E-state index < -0.39 is 42.4 Å². The summed E-state index contributed by atoms with van der Waals surface area (Å²) >= 11 is 0. The van der Waals surface area contributed by atoms with Crippen LogP contribution in [0, 0.1) is 6.92 Å². The Bertz CT molecular complexity index is 621. The van der Waals surface area contributed by atoms with Gasteiger partial charge in [-0.1, -0.05) is 0 Å². The molecule has 1 aliphatic heterocycles. The second-order valence-electron chi connectivity index (χ2n) is 4.99. The van der Waals surface area contributed by atoms with Gasteiger partial charge in [-0.15, -0.1) is 0 Å². The smallest absolute Gasteiger partial charge is 0.353 e. The minimum atomic E-state index is -3.37. The molecule has 0 aromatic carbocycles. The van der Waals surface area contributed by atoms with Gasteiger partial charge in [-0.2, -0.15) is 8.78 Å². The number of aryl methyl sites for hydroxylation is 1. The SMILES string of the molecule is Cc1cn([C@H]2CC(OC(C)(F)F)[C@@H](CO)O2)c(=O)[nH]c1=O. The van der Waals surface area contributed by atoms with Crippen molar-refractivity contribution in [2.75, 3.05) is 6.61 Å². The third-order valence-electron chi connectivity index (χ3n) is 3.17. The molecule has 1 unspecified atom stereocenters. The van der Waals surface area contributed by atoms with Gasteiger partial charge in [0.2, 0.25) is 0 Å². The molecule has 7 nitrogen and oxygen atoms in total. The third kappa shape index (κ3) is 3.55. The summed E-state index contributed by atoms with van der Waals surface area (Å²) in [6.45, 7) is 1.57. The molecule has 2 rings (SSSR count). The van der Waals surface area contributed by atoms with Gasteiger partial charge in [-0.05, 0) is 6.92 Å². The molecule has 0 saturated carbocycles. The average Bonchev–Trinajstić information content (AvgIpc) is 2.74. The number of H-pyrrole nitrogens is 1. The lowest BCUT2D eigenvalue weighted by Crippen LogP contribution is -2.33. The maximum atomic E-state index is 12.9. The maximum Gasteiger partial charge on any atom is 0.353 e. The van der Waals surface area contributed by atoms with Crippen molar-refractivity contribution in [3.05, 3.63) is 32.6 Å². The first kappa shape index (κ1) is 15.8. The van der Waals surface area contributed by atoms with Gasteiger partial charge in [0.05, 0.1) is 12.7 Å². The number of aliphatic hydroxyl groups excluding tert-OH is 1. The van der Waals surface area contributed by atoms with E-state index in [0.29, 0.717) is 6.92 Å². The molecule has 9 heteroatoms. The van der Waals surface area contributed by atoms with E-state index in [2.05, 4.69) is 9.72 Å². The van der Waals surface area contributed by atoms with E-state index in [1.54, 1.807) is 0 Å². The van der Waals surface area contributed by atoms with Crippen molar-refractivity contribution in [3.8, 4) is 0 Å². The van der Waals surface area contributed by atoms with Gasteiger partial charge in [0, 0.05) is 25.1 Å². The first-order chi connectivity index (χ1) is 9.71. The Labute approximate surface area is 118 Å². The fraction of sp³-hybridized carbons (Fsp3) is 0.667. The molecule has 2 N–H and O–H groups in total. The maximum absolute atomic E-state index is 12.9. The number of aliphatic hydroxyl groups is 1. The normalized spacial score (nSPS) is 26.2. The Morgan fingerprint density at radius 1 is 1.57 bits per heavy atom. The number of aromatic amines is 1. The number of ether oxygens (including phenoxy) is 2. The van der Waals surface area contributed by atoms with Crippen LogP contribution in [0.5, 0.6) is 0 Å². The van der Waals surface area contributed by atoms with Crippen LogP contribution in [0.25, 0.3) is 0 Å². The minimum absolute atomic E-state index is 0.0416. The lowest BCUT2D eigenvalue weighted by Gasteiger charge is -2.20. The fourth-order valence-electron chi connectivity index (χ4n) is 2.23. The Morgan fingerprint density at radius 3 is 2.81 bits per heavy atom. The van der Waals surface area contributed by atoms with Crippen LogP contribution in [0.3, 0.4) is 0 Å². The van der Waals surface area contributed by atoms with E-state index >= 15 is 0 Å². The van der Waals surface area contributed by atoms with Crippen LogP contribution in [0.4, 0.5) is 8.78 Å². The highest BCUT2D eigenvalue weighted by molar-refractivity contribution is 5.02. The third-order valence-corrected chi connectivity index (χ3v) is 3.17.